The number of nitrogens with zero attached hydrogens (tertiary/aromatic N) is 2. The van der Waals surface area contributed by atoms with Gasteiger partial charge in [-0.05, 0) is 30.3 Å². The molecule has 0 saturated carbocycles. The van der Waals surface area contributed by atoms with E-state index in [0.717, 1.165) is 0 Å². The highest BCUT2D eigenvalue weighted by Crippen LogP contribution is 2.44. The molecule has 0 radical (unpaired) electrons. The van der Waals surface area contributed by atoms with Gasteiger partial charge in [0.05, 0.1) is 39.5 Å². The molecular formula is C26H28N3O6+. The van der Waals surface area contributed by atoms with Crippen molar-refractivity contribution in [2.75, 3.05) is 27.9 Å². The minimum absolute atomic E-state index is 0.0101. The van der Waals surface area contributed by atoms with E-state index < -0.39 is 17.7 Å². The van der Waals surface area contributed by atoms with Crippen molar-refractivity contribution < 1.29 is 33.5 Å². The molecule has 1 saturated heterocycles. The zero-order valence-corrected chi connectivity index (χ0v) is 19.9. The van der Waals surface area contributed by atoms with Gasteiger partial charge in [-0.1, -0.05) is 12.1 Å². The second-order valence-electron chi connectivity index (χ2n) is 8.04. The lowest BCUT2D eigenvalue weighted by Gasteiger charge is -2.26. The number of aliphatic hydroxyl groups is 1. The number of methoxy groups -OCH3 is 3. The number of imidazole rings is 1. The summed E-state index contributed by atoms with van der Waals surface area (Å²) in [6.45, 7) is 0.938. The van der Waals surface area contributed by atoms with Crippen LogP contribution >= 0.6 is 0 Å². The number of ether oxygens (including phenoxy) is 3. The molecule has 0 spiro atoms. The van der Waals surface area contributed by atoms with Gasteiger partial charge in [0.25, 0.3) is 11.7 Å². The molecule has 3 aromatic rings. The van der Waals surface area contributed by atoms with Crippen LogP contribution in [0.5, 0.6) is 17.2 Å². The number of aromatic amines is 1. The van der Waals surface area contributed by atoms with Crippen molar-refractivity contribution in [3.05, 3.63) is 77.9 Å². The fourth-order valence-electron chi connectivity index (χ4n) is 4.30. The van der Waals surface area contributed by atoms with Crippen LogP contribution in [0.15, 0.2) is 66.8 Å². The van der Waals surface area contributed by atoms with Crippen molar-refractivity contribution in [1.82, 2.24) is 9.88 Å². The SMILES string of the molecule is COc1cccc(/C(O)=C2\C(=O)C(=O)N(CCC[n+]3cc[nH]c3)C2c2cc(OC)ccc2OC)c1. The lowest BCUT2D eigenvalue weighted by molar-refractivity contribution is -0.695. The summed E-state index contributed by atoms with van der Waals surface area (Å²) < 4.78 is 18.2. The number of ketones is 1. The fourth-order valence-corrected chi connectivity index (χ4v) is 4.30. The number of carbonyl (C=O) groups is 2. The number of hydrogen-bond donors (Lipinski definition) is 2. The zero-order chi connectivity index (χ0) is 24.9. The number of aryl methyl sites for hydroxylation is 1. The number of H-pyrrole nitrogens is 1. The number of nitrogens with one attached hydrogen (secondary N) is 1. The van der Waals surface area contributed by atoms with Gasteiger partial charge in [0.1, 0.15) is 35.4 Å². The number of hydrogen-bond acceptors (Lipinski definition) is 6. The molecule has 2 heterocycles. The van der Waals surface area contributed by atoms with E-state index in [0.29, 0.717) is 47.9 Å². The van der Waals surface area contributed by atoms with Crippen molar-refractivity contribution in [2.45, 2.75) is 19.0 Å². The second kappa shape index (κ2) is 10.3. The Morgan fingerprint density at radius 1 is 1.06 bits per heavy atom. The van der Waals surface area contributed by atoms with E-state index in [4.69, 9.17) is 14.2 Å². The maximum Gasteiger partial charge on any atom is 0.295 e. The molecule has 1 fully saturated rings. The van der Waals surface area contributed by atoms with E-state index in [2.05, 4.69) is 4.98 Å². The Morgan fingerprint density at radius 3 is 2.51 bits per heavy atom. The lowest BCUT2D eigenvalue weighted by atomic mass is 9.94. The van der Waals surface area contributed by atoms with Crippen LogP contribution in [0.3, 0.4) is 0 Å². The number of rotatable bonds is 9. The molecule has 1 aliphatic heterocycles. The van der Waals surface area contributed by atoms with Crippen LogP contribution in [-0.4, -0.2) is 54.6 Å². The van der Waals surface area contributed by atoms with Crippen molar-refractivity contribution in [3.63, 3.8) is 0 Å². The summed E-state index contributed by atoms with van der Waals surface area (Å²) in [6.07, 6.45) is 6.11. The summed E-state index contributed by atoms with van der Waals surface area (Å²) in [5, 5.41) is 11.3. The van der Waals surface area contributed by atoms with E-state index in [1.165, 1.54) is 26.2 Å². The van der Waals surface area contributed by atoms with Crippen molar-refractivity contribution >= 4 is 17.4 Å². The molecule has 2 aromatic carbocycles. The van der Waals surface area contributed by atoms with Gasteiger partial charge in [-0.3, -0.25) is 14.6 Å². The highest BCUT2D eigenvalue weighted by Gasteiger charge is 2.47. The van der Waals surface area contributed by atoms with Crippen LogP contribution in [0.1, 0.15) is 23.6 Å². The molecule has 182 valence electrons. The first kappa shape index (κ1) is 23.9. The van der Waals surface area contributed by atoms with Crippen molar-refractivity contribution in [2.24, 2.45) is 0 Å². The summed E-state index contributed by atoms with van der Waals surface area (Å²) in [5.74, 6) is -0.185. The van der Waals surface area contributed by atoms with Gasteiger partial charge in [0.2, 0.25) is 6.33 Å². The summed E-state index contributed by atoms with van der Waals surface area (Å²) >= 11 is 0. The maximum atomic E-state index is 13.3. The number of likely N-dealkylation sites (tertiary alicyclic amines) is 1. The molecule has 9 heteroatoms. The molecular weight excluding hydrogens is 450 g/mol. The molecule has 1 amide bonds. The first-order valence-electron chi connectivity index (χ1n) is 11.1. The fraction of sp³-hybridized carbons (Fsp3) is 0.269. The standard InChI is InChI=1S/C26H27N3O6/c1-33-18-7-4-6-17(14-18)24(30)22-23(20-15-19(34-2)8-9-21(20)35-3)29(26(32)25(22)31)12-5-11-28-13-10-27-16-28/h4,6-10,13-16,23H,5,11-12H2,1-3H3,(H,30,31)/p+1. The third-order valence-corrected chi connectivity index (χ3v) is 6.03. The minimum Gasteiger partial charge on any atom is -0.507 e. The third-order valence-electron chi connectivity index (χ3n) is 6.03. The monoisotopic (exact) mass is 478 g/mol. The van der Waals surface area contributed by atoms with E-state index >= 15 is 0 Å². The highest BCUT2D eigenvalue weighted by molar-refractivity contribution is 6.46. The van der Waals surface area contributed by atoms with Gasteiger partial charge in [-0.2, -0.15) is 0 Å². The van der Waals surface area contributed by atoms with Gasteiger partial charge in [0.15, 0.2) is 0 Å². The molecule has 4 rings (SSSR count). The Kier molecular flexibility index (Phi) is 7.05. The Morgan fingerprint density at radius 2 is 1.83 bits per heavy atom. The number of Topliss-reactive ketones (excluding diaryl/α,β-unsaturated/α-hetero) is 1. The van der Waals surface area contributed by atoms with E-state index in [-0.39, 0.29) is 11.3 Å². The third kappa shape index (κ3) is 4.70. The van der Waals surface area contributed by atoms with Crippen LogP contribution in [0, 0.1) is 0 Å². The molecule has 2 N–H and O–H groups in total. The van der Waals surface area contributed by atoms with Gasteiger partial charge in [-0.25, -0.2) is 4.57 Å². The summed E-state index contributed by atoms with van der Waals surface area (Å²) in [7, 11) is 4.57. The summed E-state index contributed by atoms with van der Waals surface area (Å²) in [6, 6.07) is 11.0. The van der Waals surface area contributed by atoms with Crippen LogP contribution in [0.2, 0.25) is 0 Å². The lowest BCUT2D eigenvalue weighted by Crippen LogP contribution is -2.36. The minimum atomic E-state index is -0.859. The average Bonchev–Trinajstić information content (AvgIpc) is 3.50. The number of carbonyl (C=O) groups excluding carboxylic acids is 2. The van der Waals surface area contributed by atoms with Gasteiger partial charge >= 0.3 is 0 Å². The summed E-state index contributed by atoms with van der Waals surface area (Å²) in [4.78, 5) is 31.0. The van der Waals surface area contributed by atoms with Crippen LogP contribution in [-0.2, 0) is 16.1 Å². The predicted molar refractivity (Wildman–Crippen MR) is 127 cm³/mol. The van der Waals surface area contributed by atoms with Gasteiger partial charge < -0.3 is 24.2 Å². The molecule has 35 heavy (non-hydrogen) atoms. The van der Waals surface area contributed by atoms with Crippen molar-refractivity contribution in [1.29, 1.82) is 0 Å². The normalized spacial score (nSPS) is 17.0. The topological polar surface area (TPSA) is 105 Å². The van der Waals surface area contributed by atoms with Crippen molar-refractivity contribution in [3.8, 4) is 17.2 Å². The maximum absolute atomic E-state index is 13.3. The second-order valence-corrected chi connectivity index (χ2v) is 8.04. The zero-order valence-electron chi connectivity index (χ0n) is 19.9. The molecule has 1 aromatic heterocycles. The van der Waals surface area contributed by atoms with E-state index in [9.17, 15) is 14.7 Å². The number of aromatic nitrogens is 2. The van der Waals surface area contributed by atoms with Crippen LogP contribution in [0.25, 0.3) is 5.76 Å². The summed E-state index contributed by atoms with van der Waals surface area (Å²) in [5.41, 5.74) is 0.908. The predicted octanol–water partition coefficient (Wildman–Crippen LogP) is 2.84. The highest BCUT2D eigenvalue weighted by atomic mass is 16.5. The van der Waals surface area contributed by atoms with Crippen LogP contribution in [0.4, 0.5) is 0 Å². The number of amides is 1. The van der Waals surface area contributed by atoms with E-state index in [1.54, 1.807) is 42.5 Å². The molecule has 0 bridgehead atoms. The van der Waals surface area contributed by atoms with Gasteiger partial charge in [0, 0.05) is 24.1 Å². The Hall–Kier alpha value is -4.27. The Balaban J connectivity index is 1.82. The first-order valence-corrected chi connectivity index (χ1v) is 11.1. The Bertz CT molecular complexity index is 1250. The Labute approximate surface area is 203 Å². The molecule has 1 unspecified atom stereocenters. The first-order chi connectivity index (χ1) is 17.0. The quantitative estimate of drug-likeness (QED) is 0.212. The average molecular weight is 479 g/mol. The largest absolute Gasteiger partial charge is 0.507 e. The van der Waals surface area contributed by atoms with Crippen LogP contribution < -0.4 is 18.8 Å². The van der Waals surface area contributed by atoms with E-state index in [1.807, 2.05) is 23.3 Å². The molecule has 1 aliphatic rings. The molecule has 0 aliphatic carbocycles. The number of benzene rings is 2. The van der Waals surface area contributed by atoms with Gasteiger partial charge in [-0.15, -0.1) is 0 Å². The molecule has 9 nitrogen and oxygen atoms in total. The molecule has 1 atom stereocenters. The number of aliphatic hydroxyl groups excluding tert-OH is 1. The smallest absolute Gasteiger partial charge is 0.295 e.